The maximum Gasteiger partial charge on any atom is 0.0461 e. The van der Waals surface area contributed by atoms with Crippen molar-refractivity contribution in [3.05, 3.63) is 57.6 Å². The van der Waals surface area contributed by atoms with Crippen LogP contribution in [0.25, 0.3) is 0 Å². The summed E-state index contributed by atoms with van der Waals surface area (Å²) < 4.78 is 0. The van der Waals surface area contributed by atoms with Gasteiger partial charge in [0.2, 0.25) is 0 Å². The lowest BCUT2D eigenvalue weighted by Gasteiger charge is -2.09. The highest BCUT2D eigenvalue weighted by molar-refractivity contribution is 7.98. The van der Waals surface area contributed by atoms with Gasteiger partial charge in [0, 0.05) is 26.4 Å². The predicted octanol–water partition coefficient (Wildman–Crippen LogP) is 5.18. The summed E-state index contributed by atoms with van der Waals surface area (Å²) in [6, 6.07) is 11.5. The van der Waals surface area contributed by atoms with E-state index in [0.29, 0.717) is 10.0 Å². The van der Waals surface area contributed by atoms with E-state index in [2.05, 4.69) is 6.92 Å². The van der Waals surface area contributed by atoms with Crippen molar-refractivity contribution in [1.82, 2.24) is 0 Å². The molecular weight excluding hydrogens is 285 g/mol. The Morgan fingerprint density at radius 2 is 1.78 bits per heavy atom. The van der Waals surface area contributed by atoms with Crippen molar-refractivity contribution >= 4 is 40.7 Å². The number of rotatable bonds is 3. The van der Waals surface area contributed by atoms with Gasteiger partial charge < -0.3 is 5.73 Å². The summed E-state index contributed by atoms with van der Waals surface area (Å²) in [6.07, 6.45) is 0. The van der Waals surface area contributed by atoms with Gasteiger partial charge in [0.15, 0.2) is 0 Å². The second kappa shape index (κ2) is 5.87. The molecule has 0 saturated carbocycles. The van der Waals surface area contributed by atoms with Crippen molar-refractivity contribution in [2.75, 3.05) is 5.73 Å². The number of halogens is 2. The standard InChI is InChI=1S/C14H13Cl2NS/c1-9-5-6-10(17)7-14(9)18-8-11-12(15)3-2-4-13(11)16/h2-7H,8,17H2,1H3. The van der Waals surface area contributed by atoms with Gasteiger partial charge in [0.05, 0.1) is 0 Å². The average Bonchev–Trinajstić information content (AvgIpc) is 2.33. The third kappa shape index (κ3) is 3.14. The Morgan fingerprint density at radius 3 is 2.44 bits per heavy atom. The number of anilines is 1. The van der Waals surface area contributed by atoms with Crippen LogP contribution in [0.3, 0.4) is 0 Å². The molecule has 0 aromatic heterocycles. The summed E-state index contributed by atoms with van der Waals surface area (Å²) in [5, 5.41) is 1.41. The molecule has 2 N–H and O–H groups in total. The van der Waals surface area contributed by atoms with E-state index in [0.717, 1.165) is 21.9 Å². The van der Waals surface area contributed by atoms with E-state index in [1.165, 1.54) is 5.56 Å². The summed E-state index contributed by atoms with van der Waals surface area (Å²) in [5.74, 6) is 0.739. The quantitative estimate of drug-likeness (QED) is 0.624. The number of thioether (sulfide) groups is 1. The van der Waals surface area contributed by atoms with Crippen LogP contribution in [0.1, 0.15) is 11.1 Å². The lowest BCUT2D eigenvalue weighted by Crippen LogP contribution is -1.89. The lowest BCUT2D eigenvalue weighted by molar-refractivity contribution is 1.29. The van der Waals surface area contributed by atoms with E-state index in [1.54, 1.807) is 11.8 Å². The Kier molecular flexibility index (Phi) is 4.44. The molecule has 2 rings (SSSR count). The van der Waals surface area contributed by atoms with Crippen LogP contribution in [0.15, 0.2) is 41.3 Å². The SMILES string of the molecule is Cc1ccc(N)cc1SCc1c(Cl)cccc1Cl. The highest BCUT2D eigenvalue weighted by atomic mass is 35.5. The number of hydrogen-bond acceptors (Lipinski definition) is 2. The van der Waals surface area contributed by atoms with E-state index in [9.17, 15) is 0 Å². The molecule has 0 amide bonds. The van der Waals surface area contributed by atoms with Gasteiger partial charge in [-0.3, -0.25) is 0 Å². The zero-order chi connectivity index (χ0) is 13.1. The van der Waals surface area contributed by atoms with Gasteiger partial charge in [0.1, 0.15) is 0 Å². The minimum atomic E-state index is 0.705. The van der Waals surface area contributed by atoms with Crippen molar-refractivity contribution in [2.45, 2.75) is 17.6 Å². The Balaban J connectivity index is 2.19. The third-order valence-electron chi connectivity index (χ3n) is 2.65. The molecule has 4 heteroatoms. The summed E-state index contributed by atoms with van der Waals surface area (Å²) in [5.41, 5.74) is 8.73. The first-order valence-electron chi connectivity index (χ1n) is 5.50. The molecule has 0 bridgehead atoms. The molecule has 2 aromatic carbocycles. The molecule has 2 aromatic rings. The fourth-order valence-corrected chi connectivity index (χ4v) is 3.41. The van der Waals surface area contributed by atoms with Crippen LogP contribution in [0.2, 0.25) is 10.0 Å². The number of aryl methyl sites for hydroxylation is 1. The fourth-order valence-electron chi connectivity index (χ4n) is 1.59. The highest BCUT2D eigenvalue weighted by Gasteiger charge is 2.07. The summed E-state index contributed by atoms with van der Waals surface area (Å²) in [6.45, 7) is 2.07. The molecule has 0 spiro atoms. The van der Waals surface area contributed by atoms with E-state index in [4.69, 9.17) is 28.9 Å². The Morgan fingerprint density at radius 1 is 1.11 bits per heavy atom. The predicted molar refractivity (Wildman–Crippen MR) is 81.6 cm³/mol. The van der Waals surface area contributed by atoms with Crippen molar-refractivity contribution in [2.24, 2.45) is 0 Å². The molecule has 0 unspecified atom stereocenters. The van der Waals surface area contributed by atoms with Gasteiger partial charge in [-0.05, 0) is 42.3 Å². The topological polar surface area (TPSA) is 26.0 Å². The smallest absolute Gasteiger partial charge is 0.0461 e. The molecule has 0 saturated heterocycles. The third-order valence-corrected chi connectivity index (χ3v) is 4.54. The first-order chi connectivity index (χ1) is 8.58. The van der Waals surface area contributed by atoms with Crippen LogP contribution in [-0.2, 0) is 5.75 Å². The van der Waals surface area contributed by atoms with Crippen LogP contribution in [0, 0.1) is 6.92 Å². The molecule has 0 fully saturated rings. The van der Waals surface area contributed by atoms with E-state index in [1.807, 2.05) is 36.4 Å². The lowest BCUT2D eigenvalue weighted by atomic mass is 10.2. The molecule has 0 aliphatic heterocycles. The zero-order valence-corrected chi connectivity index (χ0v) is 12.2. The average molecular weight is 298 g/mol. The molecule has 0 heterocycles. The van der Waals surface area contributed by atoms with E-state index < -0.39 is 0 Å². The first kappa shape index (κ1) is 13.6. The normalized spacial score (nSPS) is 10.6. The fraction of sp³-hybridized carbons (Fsp3) is 0.143. The van der Waals surface area contributed by atoms with Crippen molar-refractivity contribution in [1.29, 1.82) is 0 Å². The van der Waals surface area contributed by atoms with Crippen LogP contribution < -0.4 is 5.73 Å². The first-order valence-corrected chi connectivity index (χ1v) is 7.24. The number of nitrogens with two attached hydrogens (primary N) is 1. The Bertz CT molecular complexity index is 549. The number of benzene rings is 2. The Labute approximate surface area is 121 Å². The van der Waals surface area contributed by atoms with E-state index in [-0.39, 0.29) is 0 Å². The van der Waals surface area contributed by atoms with Crippen molar-refractivity contribution in [3.8, 4) is 0 Å². The second-order valence-corrected chi connectivity index (χ2v) is 5.85. The van der Waals surface area contributed by atoms with Gasteiger partial charge in [-0.2, -0.15) is 0 Å². The van der Waals surface area contributed by atoms with Gasteiger partial charge >= 0.3 is 0 Å². The molecule has 0 aliphatic rings. The summed E-state index contributed by atoms with van der Waals surface area (Å²) >= 11 is 14.0. The number of nitrogen functional groups attached to an aromatic ring is 1. The molecule has 1 nitrogen and oxygen atoms in total. The molecule has 0 atom stereocenters. The van der Waals surface area contributed by atoms with E-state index >= 15 is 0 Å². The zero-order valence-electron chi connectivity index (χ0n) is 9.91. The monoisotopic (exact) mass is 297 g/mol. The molecular formula is C14H13Cl2NS. The summed E-state index contributed by atoms with van der Waals surface area (Å²) in [4.78, 5) is 1.16. The number of hydrogen-bond donors (Lipinski definition) is 1. The maximum absolute atomic E-state index is 6.14. The largest absolute Gasteiger partial charge is 0.399 e. The van der Waals surface area contributed by atoms with Crippen LogP contribution in [-0.4, -0.2) is 0 Å². The van der Waals surface area contributed by atoms with Crippen molar-refractivity contribution < 1.29 is 0 Å². The molecule has 0 radical (unpaired) electrons. The molecule has 94 valence electrons. The Hall–Kier alpha value is -0.830. The maximum atomic E-state index is 6.14. The van der Waals surface area contributed by atoms with Crippen molar-refractivity contribution in [3.63, 3.8) is 0 Å². The molecule has 18 heavy (non-hydrogen) atoms. The van der Waals surface area contributed by atoms with Gasteiger partial charge in [-0.15, -0.1) is 11.8 Å². The van der Waals surface area contributed by atoms with Crippen LogP contribution in [0.4, 0.5) is 5.69 Å². The highest BCUT2D eigenvalue weighted by Crippen LogP contribution is 2.33. The minimum Gasteiger partial charge on any atom is -0.399 e. The molecule has 0 aliphatic carbocycles. The van der Waals surface area contributed by atoms with Crippen LogP contribution >= 0.6 is 35.0 Å². The van der Waals surface area contributed by atoms with Crippen LogP contribution in [0.5, 0.6) is 0 Å². The van der Waals surface area contributed by atoms with Gasteiger partial charge in [-0.1, -0.05) is 35.3 Å². The minimum absolute atomic E-state index is 0.705. The van der Waals surface area contributed by atoms with Gasteiger partial charge in [-0.25, -0.2) is 0 Å². The second-order valence-electron chi connectivity index (χ2n) is 4.01. The van der Waals surface area contributed by atoms with Gasteiger partial charge in [0.25, 0.3) is 0 Å². The summed E-state index contributed by atoms with van der Waals surface area (Å²) in [7, 11) is 0.